The zero-order valence-electron chi connectivity index (χ0n) is 11.0. The monoisotopic (exact) mass is 267 g/mol. The second kappa shape index (κ2) is 5.85. The van der Waals surface area contributed by atoms with Gasteiger partial charge in [0, 0.05) is 4.88 Å². The molecule has 0 aliphatic heterocycles. The van der Waals surface area contributed by atoms with E-state index in [0.29, 0.717) is 0 Å². The number of aryl methyl sites for hydroxylation is 2. The highest BCUT2D eigenvalue weighted by atomic mass is 32.1. The van der Waals surface area contributed by atoms with Gasteiger partial charge in [-0.05, 0) is 43.2 Å². The minimum atomic E-state index is -0.156. The van der Waals surface area contributed by atoms with Crippen LogP contribution >= 0.6 is 11.3 Å². The van der Waals surface area contributed by atoms with Gasteiger partial charge in [-0.1, -0.05) is 13.8 Å². The molecule has 1 heterocycles. The van der Waals surface area contributed by atoms with E-state index in [0.717, 1.165) is 17.7 Å². The van der Waals surface area contributed by atoms with Gasteiger partial charge in [0.2, 0.25) is 0 Å². The van der Waals surface area contributed by atoms with Crippen molar-refractivity contribution in [1.82, 2.24) is 5.32 Å². The SMILES string of the molecule is CC(C)C(CO)NC(=O)c1cc2c(s1)CCCC2. The van der Waals surface area contributed by atoms with Crippen LogP contribution in [0.15, 0.2) is 6.07 Å². The lowest BCUT2D eigenvalue weighted by atomic mass is 9.99. The third-order valence-electron chi connectivity index (χ3n) is 3.54. The molecule has 1 unspecified atom stereocenters. The lowest BCUT2D eigenvalue weighted by Gasteiger charge is -2.19. The number of carbonyl (C=O) groups excluding carboxylic acids is 1. The molecule has 0 fully saturated rings. The minimum absolute atomic E-state index is 0.00546. The number of amides is 1. The van der Waals surface area contributed by atoms with E-state index >= 15 is 0 Å². The first kappa shape index (κ1) is 13.6. The first-order valence-corrected chi connectivity index (χ1v) is 7.46. The van der Waals surface area contributed by atoms with Gasteiger partial charge in [-0.3, -0.25) is 4.79 Å². The van der Waals surface area contributed by atoms with Gasteiger partial charge in [-0.2, -0.15) is 0 Å². The van der Waals surface area contributed by atoms with Crippen molar-refractivity contribution >= 4 is 17.2 Å². The Labute approximate surface area is 112 Å². The number of rotatable bonds is 4. The number of thiophene rings is 1. The summed E-state index contributed by atoms with van der Waals surface area (Å²) < 4.78 is 0. The van der Waals surface area contributed by atoms with E-state index < -0.39 is 0 Å². The predicted octanol–water partition coefficient (Wildman–Crippen LogP) is 2.37. The molecule has 1 aromatic rings. The number of aliphatic hydroxyl groups is 1. The Morgan fingerprint density at radius 2 is 2.17 bits per heavy atom. The number of hydrogen-bond donors (Lipinski definition) is 2. The summed E-state index contributed by atoms with van der Waals surface area (Å²) in [5.41, 5.74) is 1.35. The fraction of sp³-hybridized carbons (Fsp3) is 0.643. The standard InChI is InChI=1S/C14H21NO2S/c1-9(2)11(8-16)15-14(17)13-7-10-5-3-4-6-12(10)18-13/h7,9,11,16H,3-6,8H2,1-2H3,(H,15,17). The maximum Gasteiger partial charge on any atom is 0.261 e. The highest BCUT2D eigenvalue weighted by Gasteiger charge is 2.20. The number of nitrogens with one attached hydrogen (secondary N) is 1. The van der Waals surface area contributed by atoms with Crippen molar-refractivity contribution in [2.24, 2.45) is 5.92 Å². The first-order valence-electron chi connectivity index (χ1n) is 6.65. The molecule has 1 aliphatic rings. The molecule has 4 heteroatoms. The molecule has 1 amide bonds. The molecule has 2 rings (SSSR count). The second-order valence-electron chi connectivity index (χ2n) is 5.27. The van der Waals surface area contributed by atoms with Crippen LogP contribution < -0.4 is 5.32 Å². The smallest absolute Gasteiger partial charge is 0.261 e. The molecule has 100 valence electrons. The van der Waals surface area contributed by atoms with Crippen LogP contribution in [0.1, 0.15) is 46.8 Å². The van der Waals surface area contributed by atoms with Crippen molar-refractivity contribution < 1.29 is 9.90 Å². The fourth-order valence-corrected chi connectivity index (χ4v) is 3.42. The van der Waals surface area contributed by atoms with Crippen molar-refractivity contribution in [3.8, 4) is 0 Å². The second-order valence-corrected chi connectivity index (χ2v) is 6.41. The molecule has 1 aliphatic carbocycles. The van der Waals surface area contributed by atoms with Gasteiger partial charge in [-0.15, -0.1) is 11.3 Å². The van der Waals surface area contributed by atoms with E-state index in [1.165, 1.54) is 23.3 Å². The molecule has 1 aromatic heterocycles. The Kier molecular flexibility index (Phi) is 4.40. The Balaban J connectivity index is 2.06. The Hall–Kier alpha value is -0.870. The predicted molar refractivity (Wildman–Crippen MR) is 74.1 cm³/mol. The molecule has 0 aromatic carbocycles. The number of fused-ring (bicyclic) bond motifs is 1. The van der Waals surface area contributed by atoms with Crippen LogP contribution in [0.3, 0.4) is 0 Å². The van der Waals surface area contributed by atoms with E-state index in [1.807, 2.05) is 19.9 Å². The Bertz CT molecular complexity index is 402. The molecule has 2 N–H and O–H groups in total. The van der Waals surface area contributed by atoms with Crippen LogP contribution in [0, 0.1) is 5.92 Å². The first-order chi connectivity index (χ1) is 8.61. The molecule has 1 atom stereocenters. The van der Waals surface area contributed by atoms with Crippen LogP contribution in [0.25, 0.3) is 0 Å². The van der Waals surface area contributed by atoms with Crippen molar-refractivity contribution in [3.63, 3.8) is 0 Å². The van der Waals surface area contributed by atoms with Gasteiger partial charge in [0.15, 0.2) is 0 Å². The summed E-state index contributed by atoms with van der Waals surface area (Å²) in [6, 6.07) is 1.88. The summed E-state index contributed by atoms with van der Waals surface area (Å²) in [6.07, 6.45) is 4.68. The van der Waals surface area contributed by atoms with Crippen LogP contribution in [-0.2, 0) is 12.8 Å². The summed E-state index contributed by atoms with van der Waals surface area (Å²) in [5, 5.41) is 12.2. The van der Waals surface area contributed by atoms with E-state index in [1.54, 1.807) is 11.3 Å². The van der Waals surface area contributed by atoms with E-state index in [-0.39, 0.29) is 24.5 Å². The Morgan fingerprint density at radius 3 is 2.78 bits per heavy atom. The maximum absolute atomic E-state index is 12.1. The Morgan fingerprint density at radius 1 is 1.44 bits per heavy atom. The normalized spacial score (nSPS) is 16.4. The van der Waals surface area contributed by atoms with Gasteiger partial charge in [0.25, 0.3) is 5.91 Å². The molecule has 0 radical (unpaired) electrons. The molecule has 3 nitrogen and oxygen atoms in total. The molecule has 0 bridgehead atoms. The highest BCUT2D eigenvalue weighted by Crippen LogP contribution is 2.29. The zero-order valence-corrected chi connectivity index (χ0v) is 11.8. The topological polar surface area (TPSA) is 49.3 Å². The zero-order chi connectivity index (χ0) is 13.1. The molecule has 0 spiro atoms. The van der Waals surface area contributed by atoms with Crippen LogP contribution in [0.5, 0.6) is 0 Å². The third kappa shape index (κ3) is 2.93. The van der Waals surface area contributed by atoms with Gasteiger partial charge >= 0.3 is 0 Å². The number of carbonyl (C=O) groups is 1. The third-order valence-corrected chi connectivity index (χ3v) is 4.77. The van der Waals surface area contributed by atoms with Gasteiger partial charge in [0.05, 0.1) is 17.5 Å². The quantitative estimate of drug-likeness (QED) is 0.880. The van der Waals surface area contributed by atoms with Crippen LogP contribution in [0.2, 0.25) is 0 Å². The lowest BCUT2D eigenvalue weighted by molar-refractivity contribution is 0.0901. The van der Waals surface area contributed by atoms with E-state index in [4.69, 9.17) is 0 Å². The largest absolute Gasteiger partial charge is 0.394 e. The van der Waals surface area contributed by atoms with Crippen LogP contribution in [-0.4, -0.2) is 23.7 Å². The summed E-state index contributed by atoms with van der Waals surface area (Å²) in [5.74, 6) is 0.204. The van der Waals surface area contributed by atoms with Gasteiger partial charge < -0.3 is 10.4 Å². The van der Waals surface area contributed by atoms with Crippen molar-refractivity contribution in [1.29, 1.82) is 0 Å². The molecule has 0 saturated heterocycles. The number of aliphatic hydroxyl groups excluding tert-OH is 1. The average Bonchev–Trinajstić information content (AvgIpc) is 2.79. The van der Waals surface area contributed by atoms with Crippen molar-refractivity contribution in [3.05, 3.63) is 21.4 Å². The van der Waals surface area contributed by atoms with E-state index in [2.05, 4.69) is 5.32 Å². The summed E-state index contributed by atoms with van der Waals surface area (Å²) in [4.78, 5) is 14.3. The molecular formula is C14H21NO2S. The van der Waals surface area contributed by atoms with E-state index in [9.17, 15) is 9.90 Å². The van der Waals surface area contributed by atoms with Crippen molar-refractivity contribution in [2.75, 3.05) is 6.61 Å². The summed E-state index contributed by atoms with van der Waals surface area (Å²) >= 11 is 1.61. The summed E-state index contributed by atoms with van der Waals surface area (Å²) in [6.45, 7) is 4.00. The summed E-state index contributed by atoms with van der Waals surface area (Å²) in [7, 11) is 0. The maximum atomic E-state index is 12.1. The minimum Gasteiger partial charge on any atom is -0.394 e. The van der Waals surface area contributed by atoms with Gasteiger partial charge in [0.1, 0.15) is 0 Å². The van der Waals surface area contributed by atoms with Crippen LogP contribution in [0.4, 0.5) is 0 Å². The van der Waals surface area contributed by atoms with Gasteiger partial charge in [-0.25, -0.2) is 0 Å². The molecule has 18 heavy (non-hydrogen) atoms. The molecular weight excluding hydrogens is 246 g/mol. The van der Waals surface area contributed by atoms with Crippen molar-refractivity contribution in [2.45, 2.75) is 45.6 Å². The fourth-order valence-electron chi connectivity index (χ4n) is 2.27. The lowest BCUT2D eigenvalue weighted by Crippen LogP contribution is -2.40. The molecule has 0 saturated carbocycles. The highest BCUT2D eigenvalue weighted by molar-refractivity contribution is 7.14. The number of hydrogen-bond acceptors (Lipinski definition) is 3. The average molecular weight is 267 g/mol.